The van der Waals surface area contributed by atoms with Crippen LogP contribution < -0.4 is 10.6 Å². The molecule has 1 fully saturated rings. The number of hydrogen-bond donors (Lipinski definition) is 2. The van der Waals surface area contributed by atoms with E-state index in [1.165, 1.54) is 32.2 Å². The molecule has 0 spiro atoms. The SMILES string of the molecule is CCCCNC(=NCC1CCCN1CCOC)NCC.I. The molecule has 0 aromatic rings. The second kappa shape index (κ2) is 13.6. The lowest BCUT2D eigenvalue weighted by Gasteiger charge is -2.23. The monoisotopic (exact) mass is 412 g/mol. The minimum atomic E-state index is 0. The Labute approximate surface area is 147 Å². The van der Waals surface area contributed by atoms with Crippen molar-refractivity contribution in [3.8, 4) is 0 Å². The Morgan fingerprint density at radius 3 is 2.81 bits per heavy atom. The van der Waals surface area contributed by atoms with Crippen molar-refractivity contribution in [1.29, 1.82) is 0 Å². The summed E-state index contributed by atoms with van der Waals surface area (Å²) in [6, 6.07) is 0.576. The molecule has 1 atom stereocenters. The Morgan fingerprint density at radius 2 is 2.14 bits per heavy atom. The Morgan fingerprint density at radius 1 is 1.33 bits per heavy atom. The Kier molecular flexibility index (Phi) is 13.5. The fourth-order valence-electron chi connectivity index (χ4n) is 2.53. The van der Waals surface area contributed by atoms with Crippen LogP contribution >= 0.6 is 24.0 Å². The van der Waals surface area contributed by atoms with E-state index < -0.39 is 0 Å². The third-order valence-electron chi connectivity index (χ3n) is 3.71. The first-order chi connectivity index (χ1) is 9.81. The predicted octanol–water partition coefficient (Wildman–Crippen LogP) is 2.07. The molecule has 0 amide bonds. The smallest absolute Gasteiger partial charge is 0.191 e. The summed E-state index contributed by atoms with van der Waals surface area (Å²) in [5.74, 6) is 0.958. The highest BCUT2D eigenvalue weighted by atomic mass is 127. The van der Waals surface area contributed by atoms with E-state index >= 15 is 0 Å². The minimum Gasteiger partial charge on any atom is -0.383 e. The van der Waals surface area contributed by atoms with Gasteiger partial charge in [-0.1, -0.05) is 13.3 Å². The molecule has 0 aliphatic carbocycles. The van der Waals surface area contributed by atoms with Gasteiger partial charge in [-0.3, -0.25) is 9.89 Å². The van der Waals surface area contributed by atoms with Gasteiger partial charge in [0.2, 0.25) is 0 Å². The van der Waals surface area contributed by atoms with Crippen LogP contribution in [-0.2, 0) is 4.74 Å². The first kappa shape index (κ1) is 20.9. The molecule has 1 rings (SSSR count). The molecule has 2 N–H and O–H groups in total. The molecule has 5 nitrogen and oxygen atoms in total. The normalized spacial score (nSPS) is 19.4. The van der Waals surface area contributed by atoms with Crippen molar-refractivity contribution in [3.63, 3.8) is 0 Å². The lowest BCUT2D eigenvalue weighted by molar-refractivity contribution is 0.142. The first-order valence-corrected chi connectivity index (χ1v) is 8.07. The maximum Gasteiger partial charge on any atom is 0.191 e. The quantitative estimate of drug-likeness (QED) is 0.264. The Balaban J connectivity index is 0.00000400. The number of nitrogens with zero attached hydrogens (tertiary/aromatic N) is 2. The number of halogens is 1. The lowest BCUT2D eigenvalue weighted by atomic mass is 10.2. The molecule has 1 heterocycles. The van der Waals surface area contributed by atoms with Crippen molar-refractivity contribution in [3.05, 3.63) is 0 Å². The number of hydrogen-bond acceptors (Lipinski definition) is 3. The van der Waals surface area contributed by atoms with Crippen LogP contribution in [0.1, 0.15) is 39.5 Å². The van der Waals surface area contributed by atoms with Crippen molar-refractivity contribution < 1.29 is 4.74 Å². The summed E-state index contributed by atoms with van der Waals surface area (Å²) in [5.41, 5.74) is 0. The van der Waals surface area contributed by atoms with Crippen LogP contribution in [0.2, 0.25) is 0 Å². The van der Waals surface area contributed by atoms with Crippen LogP contribution in [0.15, 0.2) is 4.99 Å². The van der Waals surface area contributed by atoms with Crippen molar-refractivity contribution in [1.82, 2.24) is 15.5 Å². The molecule has 1 aliphatic heterocycles. The highest BCUT2D eigenvalue weighted by molar-refractivity contribution is 14.0. The lowest BCUT2D eigenvalue weighted by Crippen LogP contribution is -2.40. The van der Waals surface area contributed by atoms with E-state index in [1.807, 2.05) is 0 Å². The summed E-state index contributed by atoms with van der Waals surface area (Å²) in [6.07, 6.45) is 4.93. The number of rotatable bonds is 9. The zero-order valence-electron chi connectivity index (χ0n) is 13.9. The van der Waals surface area contributed by atoms with Crippen LogP contribution in [0.4, 0.5) is 0 Å². The van der Waals surface area contributed by atoms with Crippen LogP contribution in [0.3, 0.4) is 0 Å². The van der Waals surface area contributed by atoms with Gasteiger partial charge in [-0.15, -0.1) is 24.0 Å². The number of ether oxygens (including phenoxy) is 1. The fraction of sp³-hybridized carbons (Fsp3) is 0.933. The van der Waals surface area contributed by atoms with Crippen LogP contribution in [0, 0.1) is 0 Å². The summed E-state index contributed by atoms with van der Waals surface area (Å²) in [4.78, 5) is 7.24. The van der Waals surface area contributed by atoms with Gasteiger partial charge < -0.3 is 15.4 Å². The standard InChI is InChI=1S/C15H32N4O.HI/c1-4-6-9-17-15(16-5-2)18-13-14-8-7-10-19(14)11-12-20-3;/h14H,4-13H2,1-3H3,(H2,16,17,18);1H. The zero-order valence-corrected chi connectivity index (χ0v) is 16.2. The van der Waals surface area contributed by atoms with Crippen molar-refractivity contribution >= 4 is 29.9 Å². The zero-order chi connectivity index (χ0) is 14.6. The second-order valence-corrected chi connectivity index (χ2v) is 5.32. The maximum atomic E-state index is 5.18. The highest BCUT2D eigenvalue weighted by Crippen LogP contribution is 2.16. The van der Waals surface area contributed by atoms with Crippen LogP contribution in [0.25, 0.3) is 0 Å². The van der Waals surface area contributed by atoms with Crippen molar-refractivity contribution in [2.45, 2.75) is 45.6 Å². The molecule has 0 aromatic carbocycles. The van der Waals surface area contributed by atoms with Crippen LogP contribution in [-0.4, -0.2) is 63.3 Å². The Bertz CT molecular complexity index is 276. The molecule has 0 saturated carbocycles. The molecule has 126 valence electrons. The first-order valence-electron chi connectivity index (χ1n) is 8.07. The van der Waals surface area contributed by atoms with Crippen LogP contribution in [0.5, 0.6) is 0 Å². The van der Waals surface area contributed by atoms with E-state index in [0.29, 0.717) is 6.04 Å². The summed E-state index contributed by atoms with van der Waals surface area (Å²) in [6.45, 7) is 10.1. The molecule has 1 aliphatic rings. The van der Waals surface area contributed by atoms with Crippen molar-refractivity contribution in [2.24, 2.45) is 4.99 Å². The van der Waals surface area contributed by atoms with E-state index in [-0.39, 0.29) is 24.0 Å². The third kappa shape index (κ3) is 8.83. The summed E-state index contributed by atoms with van der Waals surface area (Å²) in [5, 5.41) is 6.72. The molecule has 1 saturated heterocycles. The molecule has 21 heavy (non-hydrogen) atoms. The molecule has 0 aromatic heterocycles. The number of unbranched alkanes of at least 4 members (excludes halogenated alkanes) is 1. The maximum absolute atomic E-state index is 5.18. The van der Waals surface area contributed by atoms with Gasteiger partial charge in [0.05, 0.1) is 13.2 Å². The molecule has 1 unspecified atom stereocenters. The number of methoxy groups -OCH3 is 1. The van der Waals surface area contributed by atoms with E-state index in [4.69, 9.17) is 9.73 Å². The molecule has 6 heteroatoms. The summed E-state index contributed by atoms with van der Waals surface area (Å²) < 4.78 is 5.18. The van der Waals surface area contributed by atoms with E-state index in [9.17, 15) is 0 Å². The van der Waals surface area contributed by atoms with Gasteiger partial charge in [0.15, 0.2) is 5.96 Å². The molecule has 0 radical (unpaired) electrons. The van der Waals surface area contributed by atoms with E-state index in [0.717, 1.165) is 38.7 Å². The average molecular weight is 412 g/mol. The van der Waals surface area contributed by atoms with Crippen molar-refractivity contribution in [2.75, 3.05) is 46.4 Å². The number of guanidine groups is 1. The number of likely N-dealkylation sites (tertiary alicyclic amines) is 1. The summed E-state index contributed by atoms with van der Waals surface area (Å²) in [7, 11) is 1.77. The highest BCUT2D eigenvalue weighted by Gasteiger charge is 2.23. The fourth-order valence-corrected chi connectivity index (χ4v) is 2.53. The predicted molar refractivity (Wildman–Crippen MR) is 101 cm³/mol. The molecular weight excluding hydrogens is 379 g/mol. The minimum absolute atomic E-state index is 0. The largest absolute Gasteiger partial charge is 0.383 e. The van der Waals surface area contributed by atoms with Gasteiger partial charge in [0.25, 0.3) is 0 Å². The van der Waals surface area contributed by atoms with Gasteiger partial charge >= 0.3 is 0 Å². The van der Waals surface area contributed by atoms with Gasteiger partial charge in [-0.05, 0) is 32.7 Å². The molecule has 0 bridgehead atoms. The number of nitrogens with one attached hydrogen (secondary N) is 2. The average Bonchev–Trinajstić information content (AvgIpc) is 2.90. The van der Waals surface area contributed by atoms with Gasteiger partial charge in [-0.25, -0.2) is 0 Å². The van der Waals surface area contributed by atoms with Gasteiger partial charge in [0.1, 0.15) is 0 Å². The summed E-state index contributed by atoms with van der Waals surface area (Å²) >= 11 is 0. The topological polar surface area (TPSA) is 48.9 Å². The second-order valence-electron chi connectivity index (χ2n) is 5.32. The van der Waals surface area contributed by atoms with Gasteiger partial charge in [-0.2, -0.15) is 0 Å². The number of aliphatic imine (C=N–C) groups is 1. The molecular formula is C15H33IN4O. The van der Waals surface area contributed by atoms with E-state index in [2.05, 4.69) is 29.4 Å². The van der Waals surface area contributed by atoms with Gasteiger partial charge in [0, 0.05) is 32.8 Å². The Hall–Kier alpha value is -0.0800. The third-order valence-corrected chi connectivity index (χ3v) is 3.71. The van der Waals surface area contributed by atoms with E-state index in [1.54, 1.807) is 7.11 Å².